The first-order valence-electron chi connectivity index (χ1n) is 5.07. The monoisotopic (exact) mass is 251 g/mol. The van der Waals surface area contributed by atoms with E-state index in [-0.39, 0.29) is 23.1 Å². The number of aromatic carboxylic acids is 1. The third-order valence-corrected chi connectivity index (χ3v) is 2.39. The molecule has 1 aromatic heterocycles. The summed E-state index contributed by atoms with van der Waals surface area (Å²) in [7, 11) is 1.34. The fraction of sp³-hybridized carbons (Fsp3) is 0.167. The molecule has 0 radical (unpaired) electrons. The molecular weight excluding hydrogens is 241 g/mol. The number of ether oxygens (including phenoxy) is 1. The molecule has 0 aliphatic carbocycles. The number of benzene rings is 1. The van der Waals surface area contributed by atoms with Gasteiger partial charge < -0.3 is 14.3 Å². The zero-order valence-electron chi connectivity index (χ0n) is 9.73. The summed E-state index contributed by atoms with van der Waals surface area (Å²) in [5, 5.41) is 8.85. The largest absolute Gasteiger partial charge is 0.494 e. The van der Waals surface area contributed by atoms with Crippen molar-refractivity contribution >= 4 is 5.97 Å². The minimum atomic E-state index is -1.19. The number of nitrogens with zero attached hydrogens (tertiary/aromatic N) is 1. The van der Waals surface area contributed by atoms with Crippen LogP contribution in [-0.4, -0.2) is 23.2 Å². The maximum absolute atomic E-state index is 13.2. The van der Waals surface area contributed by atoms with Gasteiger partial charge in [-0.2, -0.15) is 0 Å². The van der Waals surface area contributed by atoms with Gasteiger partial charge in [0.2, 0.25) is 11.7 Å². The van der Waals surface area contributed by atoms with Gasteiger partial charge in [0.1, 0.15) is 0 Å². The van der Waals surface area contributed by atoms with Crippen molar-refractivity contribution in [1.29, 1.82) is 0 Å². The number of aromatic nitrogens is 1. The second-order valence-electron chi connectivity index (χ2n) is 3.59. The van der Waals surface area contributed by atoms with Crippen molar-refractivity contribution < 1.29 is 23.4 Å². The highest BCUT2D eigenvalue weighted by molar-refractivity contribution is 5.86. The maximum Gasteiger partial charge on any atom is 0.373 e. The standard InChI is InChI=1S/C12H10FNO4/c1-6-10(12(15)16)18-11(14-6)7-3-4-8(13)9(5-7)17-2/h3-5H,1-2H3,(H,15,16). The summed E-state index contributed by atoms with van der Waals surface area (Å²) in [6.07, 6.45) is 0. The summed E-state index contributed by atoms with van der Waals surface area (Å²) >= 11 is 0. The van der Waals surface area contributed by atoms with Crippen molar-refractivity contribution in [3.8, 4) is 17.2 Å². The molecule has 0 atom stereocenters. The highest BCUT2D eigenvalue weighted by Crippen LogP contribution is 2.27. The zero-order chi connectivity index (χ0) is 13.3. The first-order chi connectivity index (χ1) is 8.52. The summed E-state index contributed by atoms with van der Waals surface area (Å²) < 4.78 is 23.2. The number of carboxylic acid groups (broad SMARTS) is 1. The molecule has 0 unspecified atom stereocenters. The van der Waals surface area contributed by atoms with Crippen molar-refractivity contribution in [2.24, 2.45) is 0 Å². The molecule has 18 heavy (non-hydrogen) atoms. The molecule has 0 aliphatic rings. The van der Waals surface area contributed by atoms with Crippen LogP contribution < -0.4 is 4.74 Å². The van der Waals surface area contributed by atoms with Gasteiger partial charge in [0.25, 0.3) is 0 Å². The lowest BCUT2D eigenvalue weighted by atomic mass is 10.2. The van der Waals surface area contributed by atoms with Crippen molar-refractivity contribution in [2.45, 2.75) is 6.92 Å². The molecule has 0 saturated carbocycles. The van der Waals surface area contributed by atoms with E-state index in [1.165, 1.54) is 32.2 Å². The normalized spacial score (nSPS) is 10.4. The van der Waals surface area contributed by atoms with E-state index < -0.39 is 11.8 Å². The lowest BCUT2D eigenvalue weighted by Crippen LogP contribution is -1.95. The zero-order valence-corrected chi connectivity index (χ0v) is 9.73. The van der Waals surface area contributed by atoms with Gasteiger partial charge in [-0.15, -0.1) is 0 Å². The molecular formula is C12H10FNO4. The molecule has 0 fully saturated rings. The minimum Gasteiger partial charge on any atom is -0.494 e. The second-order valence-corrected chi connectivity index (χ2v) is 3.59. The first-order valence-corrected chi connectivity index (χ1v) is 5.07. The molecule has 1 heterocycles. The topological polar surface area (TPSA) is 72.6 Å². The fourth-order valence-electron chi connectivity index (χ4n) is 1.51. The molecule has 0 bridgehead atoms. The summed E-state index contributed by atoms with van der Waals surface area (Å²) in [6.45, 7) is 1.53. The van der Waals surface area contributed by atoms with Crippen LogP contribution in [0, 0.1) is 12.7 Å². The third kappa shape index (κ3) is 2.04. The number of carboxylic acids is 1. The van der Waals surface area contributed by atoms with Crippen molar-refractivity contribution in [3.05, 3.63) is 35.5 Å². The Hall–Kier alpha value is -2.37. The van der Waals surface area contributed by atoms with Crippen LogP contribution in [0.2, 0.25) is 0 Å². The number of aryl methyl sites for hydroxylation is 1. The van der Waals surface area contributed by atoms with Crippen LogP contribution >= 0.6 is 0 Å². The van der Waals surface area contributed by atoms with Crippen LogP contribution in [0.25, 0.3) is 11.5 Å². The number of hydrogen-bond donors (Lipinski definition) is 1. The number of carbonyl (C=O) groups is 1. The fourth-order valence-corrected chi connectivity index (χ4v) is 1.51. The van der Waals surface area contributed by atoms with Gasteiger partial charge in [0.05, 0.1) is 12.8 Å². The van der Waals surface area contributed by atoms with Gasteiger partial charge in [-0.05, 0) is 25.1 Å². The average Bonchev–Trinajstić information content (AvgIpc) is 2.72. The Morgan fingerprint density at radius 3 is 2.78 bits per heavy atom. The smallest absolute Gasteiger partial charge is 0.373 e. The van der Waals surface area contributed by atoms with Crippen LogP contribution in [0.15, 0.2) is 22.6 Å². The molecule has 0 amide bonds. The lowest BCUT2D eigenvalue weighted by Gasteiger charge is -2.02. The van der Waals surface area contributed by atoms with E-state index in [0.717, 1.165) is 0 Å². The number of oxazole rings is 1. The molecule has 5 nitrogen and oxygen atoms in total. The van der Waals surface area contributed by atoms with Gasteiger partial charge in [-0.1, -0.05) is 0 Å². The Morgan fingerprint density at radius 2 is 2.22 bits per heavy atom. The highest BCUT2D eigenvalue weighted by atomic mass is 19.1. The summed E-state index contributed by atoms with van der Waals surface area (Å²) in [5.41, 5.74) is 0.713. The average molecular weight is 251 g/mol. The van der Waals surface area contributed by atoms with Crippen LogP contribution in [0.3, 0.4) is 0 Å². The Labute approximate surface area is 102 Å². The Kier molecular flexibility index (Phi) is 3.01. The van der Waals surface area contributed by atoms with Crippen molar-refractivity contribution in [3.63, 3.8) is 0 Å². The molecule has 2 aromatic rings. The van der Waals surface area contributed by atoms with E-state index >= 15 is 0 Å². The molecule has 1 N–H and O–H groups in total. The first kappa shape index (κ1) is 12.1. The number of hydrogen-bond acceptors (Lipinski definition) is 4. The lowest BCUT2D eigenvalue weighted by molar-refractivity contribution is 0.0662. The molecule has 0 saturated heterocycles. The predicted octanol–water partition coefficient (Wildman–Crippen LogP) is 2.50. The highest BCUT2D eigenvalue weighted by Gasteiger charge is 2.18. The van der Waals surface area contributed by atoms with E-state index in [0.29, 0.717) is 5.56 Å². The molecule has 0 spiro atoms. The predicted molar refractivity (Wildman–Crippen MR) is 60.1 cm³/mol. The van der Waals surface area contributed by atoms with Gasteiger partial charge in [-0.3, -0.25) is 0 Å². The maximum atomic E-state index is 13.2. The molecule has 1 aromatic carbocycles. The number of methoxy groups -OCH3 is 1. The second kappa shape index (κ2) is 4.48. The van der Waals surface area contributed by atoms with Gasteiger partial charge in [0.15, 0.2) is 11.6 Å². The van der Waals surface area contributed by atoms with Crippen LogP contribution in [0.5, 0.6) is 5.75 Å². The van der Waals surface area contributed by atoms with Gasteiger partial charge in [0, 0.05) is 5.56 Å². The van der Waals surface area contributed by atoms with Gasteiger partial charge in [-0.25, -0.2) is 14.2 Å². The van der Waals surface area contributed by atoms with E-state index in [1.807, 2.05) is 0 Å². The van der Waals surface area contributed by atoms with E-state index in [4.69, 9.17) is 14.3 Å². The SMILES string of the molecule is COc1cc(-c2nc(C)c(C(=O)O)o2)ccc1F. The number of rotatable bonds is 3. The quantitative estimate of drug-likeness (QED) is 0.907. The summed E-state index contributed by atoms with van der Waals surface area (Å²) in [5.74, 6) is -1.78. The molecule has 6 heteroatoms. The van der Waals surface area contributed by atoms with Gasteiger partial charge >= 0.3 is 5.97 Å². The van der Waals surface area contributed by atoms with Crippen LogP contribution in [-0.2, 0) is 0 Å². The minimum absolute atomic E-state index is 0.0419. The van der Waals surface area contributed by atoms with Crippen molar-refractivity contribution in [1.82, 2.24) is 4.98 Å². The van der Waals surface area contributed by atoms with Crippen LogP contribution in [0.4, 0.5) is 4.39 Å². The summed E-state index contributed by atoms with van der Waals surface area (Å²) in [6, 6.07) is 4.04. The summed E-state index contributed by atoms with van der Waals surface area (Å²) in [4.78, 5) is 14.8. The van der Waals surface area contributed by atoms with Crippen LogP contribution in [0.1, 0.15) is 16.2 Å². The molecule has 2 rings (SSSR count). The molecule has 0 aliphatic heterocycles. The number of halogens is 1. The molecule has 94 valence electrons. The van der Waals surface area contributed by atoms with E-state index in [1.54, 1.807) is 0 Å². The van der Waals surface area contributed by atoms with Crippen molar-refractivity contribution in [2.75, 3.05) is 7.11 Å². The van der Waals surface area contributed by atoms with E-state index in [9.17, 15) is 9.18 Å². The Bertz CT molecular complexity index is 606. The Balaban J connectivity index is 2.49. The van der Waals surface area contributed by atoms with E-state index in [2.05, 4.69) is 4.98 Å². The Morgan fingerprint density at radius 1 is 1.50 bits per heavy atom. The third-order valence-electron chi connectivity index (χ3n) is 2.39.